The summed E-state index contributed by atoms with van der Waals surface area (Å²) < 4.78 is 8.90. The minimum Gasteiger partial charge on any atom is -0.512 e. The SMILES string of the molecule is CC(C)(C)n1cc2ccc3cn(C(C)(C)C)[cH-]n-3n-2[cH-]1.[C-]#N.[C-]#N.[Pt]. The van der Waals surface area contributed by atoms with E-state index in [0.29, 0.717) is 0 Å². The minimum atomic E-state index is 0. The van der Waals surface area contributed by atoms with Crippen molar-refractivity contribution in [1.29, 1.82) is 10.5 Å². The van der Waals surface area contributed by atoms with E-state index in [4.69, 9.17) is 23.7 Å². The Morgan fingerprint density at radius 1 is 0.720 bits per heavy atom. The third-order valence-corrected chi connectivity index (χ3v) is 3.75. The largest absolute Gasteiger partial charge is 0.512 e. The number of aromatic nitrogens is 4. The van der Waals surface area contributed by atoms with E-state index in [1.54, 1.807) is 0 Å². The van der Waals surface area contributed by atoms with Gasteiger partial charge in [-0.15, -0.1) is 24.5 Å². The van der Waals surface area contributed by atoms with Crippen molar-refractivity contribution in [1.82, 2.24) is 18.5 Å². The summed E-state index contributed by atoms with van der Waals surface area (Å²) in [6.07, 6.45) is 8.71. The molecule has 0 aromatic carbocycles. The van der Waals surface area contributed by atoms with Gasteiger partial charge in [-0.05, 0) is 54.2 Å². The van der Waals surface area contributed by atoms with Crippen LogP contribution in [-0.4, -0.2) is 18.5 Å². The molecule has 6 nitrogen and oxygen atoms in total. The zero-order valence-electron chi connectivity index (χ0n) is 15.5. The number of imidazole rings is 2. The van der Waals surface area contributed by atoms with Gasteiger partial charge in [0.1, 0.15) is 0 Å². The van der Waals surface area contributed by atoms with Gasteiger partial charge in [0.05, 0.1) is 0 Å². The van der Waals surface area contributed by atoms with Crippen LogP contribution in [0.2, 0.25) is 0 Å². The van der Waals surface area contributed by atoms with Gasteiger partial charge < -0.3 is 42.2 Å². The van der Waals surface area contributed by atoms with E-state index in [0.717, 1.165) is 0 Å². The fraction of sp³-hybridized carbons (Fsp3) is 0.444. The molecule has 3 heterocycles. The number of fused-ring (bicyclic) bond motifs is 3. The van der Waals surface area contributed by atoms with Crippen LogP contribution in [0.1, 0.15) is 41.5 Å². The van der Waals surface area contributed by atoms with Gasteiger partial charge in [-0.2, -0.15) is 0 Å². The molecule has 7 heteroatoms. The van der Waals surface area contributed by atoms with Crippen molar-refractivity contribution in [2.24, 2.45) is 0 Å². The molecule has 0 amide bonds. The molecule has 0 saturated heterocycles. The third-order valence-electron chi connectivity index (χ3n) is 3.75. The van der Waals surface area contributed by atoms with Crippen molar-refractivity contribution in [3.8, 4) is 11.4 Å². The van der Waals surface area contributed by atoms with E-state index < -0.39 is 0 Å². The maximum absolute atomic E-state index is 6.25. The standard InChI is InChI=1S/C16H24N4.2CN.Pt/c1-15(2,3)17-9-13-7-8-14-10-18(16(4,5)6)12-20(14)19(13)11-17;2*1-2;/h7-12H,1-6H3;;;/q-2;2*-1;. The molecular formula is C18H24N6Pt-4. The van der Waals surface area contributed by atoms with Crippen molar-refractivity contribution in [2.45, 2.75) is 52.6 Å². The molecule has 3 rings (SSSR count). The van der Waals surface area contributed by atoms with Crippen molar-refractivity contribution in [3.63, 3.8) is 0 Å². The van der Waals surface area contributed by atoms with Crippen LogP contribution >= 0.6 is 0 Å². The third kappa shape index (κ3) is 4.68. The quantitative estimate of drug-likeness (QED) is 0.422. The van der Waals surface area contributed by atoms with Crippen LogP contribution < -0.4 is 0 Å². The molecule has 3 aliphatic rings. The molecule has 140 valence electrons. The van der Waals surface area contributed by atoms with Gasteiger partial charge in [0, 0.05) is 32.1 Å². The number of hydrogen-bond donors (Lipinski definition) is 0. The zero-order valence-corrected chi connectivity index (χ0v) is 17.7. The van der Waals surface area contributed by atoms with Crippen LogP contribution in [0.25, 0.3) is 11.4 Å². The van der Waals surface area contributed by atoms with Crippen LogP contribution in [0.5, 0.6) is 0 Å². The maximum atomic E-state index is 6.25. The molecular weight excluding hydrogens is 495 g/mol. The second kappa shape index (κ2) is 8.27. The van der Waals surface area contributed by atoms with Gasteiger partial charge in [-0.1, -0.05) is 11.4 Å². The Labute approximate surface area is 164 Å². The molecule has 0 atom stereocenters. The molecule has 0 saturated carbocycles. The topological polar surface area (TPSA) is 67.3 Å². The van der Waals surface area contributed by atoms with Gasteiger partial charge in [0.2, 0.25) is 0 Å². The summed E-state index contributed by atoms with van der Waals surface area (Å²) in [5.41, 5.74) is 2.57. The van der Waals surface area contributed by atoms with E-state index in [1.165, 1.54) is 11.4 Å². The van der Waals surface area contributed by atoms with Crippen LogP contribution in [-0.2, 0) is 32.1 Å². The molecule has 0 bridgehead atoms. The van der Waals surface area contributed by atoms with E-state index in [9.17, 15) is 0 Å². The molecule has 3 aliphatic heterocycles. The summed E-state index contributed by atoms with van der Waals surface area (Å²) in [7, 11) is 0. The average Bonchev–Trinajstić information content (AvgIpc) is 3.13. The Hall–Kier alpha value is -2.17. The first-order valence-corrected chi connectivity index (χ1v) is 7.58. The van der Waals surface area contributed by atoms with Gasteiger partial charge in [-0.25, -0.2) is 0 Å². The molecule has 0 unspecified atom stereocenters. The molecule has 0 aliphatic carbocycles. The van der Waals surface area contributed by atoms with Crippen LogP contribution in [0.3, 0.4) is 0 Å². The Morgan fingerprint density at radius 3 is 1.24 bits per heavy atom. The first kappa shape index (κ1) is 22.8. The van der Waals surface area contributed by atoms with Crippen molar-refractivity contribution < 1.29 is 21.1 Å². The minimum absolute atomic E-state index is 0. The molecule has 25 heavy (non-hydrogen) atoms. The van der Waals surface area contributed by atoms with Crippen LogP contribution in [0, 0.1) is 23.7 Å². The van der Waals surface area contributed by atoms with E-state index in [1.807, 2.05) is 0 Å². The van der Waals surface area contributed by atoms with Gasteiger partial charge in [-0.3, -0.25) is 0 Å². The van der Waals surface area contributed by atoms with Crippen LogP contribution in [0.4, 0.5) is 0 Å². The van der Waals surface area contributed by atoms with Crippen LogP contribution in [0.15, 0.2) is 37.2 Å². The smallest absolute Gasteiger partial charge is 0.0137 e. The average molecular weight is 520 g/mol. The predicted octanol–water partition coefficient (Wildman–Crippen LogP) is 4.01. The van der Waals surface area contributed by atoms with Crippen molar-refractivity contribution in [3.05, 3.63) is 50.3 Å². The fourth-order valence-electron chi connectivity index (χ4n) is 2.34. The Kier molecular flexibility index (Phi) is 7.56. The molecule has 0 aromatic rings. The van der Waals surface area contributed by atoms with Gasteiger partial charge in [0.25, 0.3) is 0 Å². The van der Waals surface area contributed by atoms with E-state index in [-0.39, 0.29) is 32.1 Å². The molecule has 0 fully saturated rings. The molecule has 0 spiro atoms. The first-order chi connectivity index (χ1) is 11.2. The Balaban J connectivity index is 0.00000108. The van der Waals surface area contributed by atoms with Crippen molar-refractivity contribution in [2.75, 3.05) is 0 Å². The molecule has 0 aromatic heterocycles. The summed E-state index contributed by atoms with van der Waals surface area (Å²) >= 11 is 0. The number of rotatable bonds is 0. The monoisotopic (exact) mass is 519 g/mol. The summed E-state index contributed by atoms with van der Waals surface area (Å²) in [6.45, 7) is 22.8. The zero-order chi connectivity index (χ0) is 18.7. The van der Waals surface area contributed by atoms with E-state index >= 15 is 0 Å². The Bertz CT molecular complexity index is 715. The second-order valence-electron chi connectivity index (χ2n) is 7.52. The normalized spacial score (nSPS) is 11.0. The van der Waals surface area contributed by atoms with Gasteiger partial charge >= 0.3 is 0 Å². The summed E-state index contributed by atoms with van der Waals surface area (Å²) in [6, 6.07) is 4.34. The van der Waals surface area contributed by atoms with Gasteiger partial charge in [0.15, 0.2) is 0 Å². The Morgan fingerprint density at radius 2 is 1.00 bits per heavy atom. The summed E-state index contributed by atoms with van der Waals surface area (Å²) in [5, 5.41) is 12.5. The first-order valence-electron chi connectivity index (χ1n) is 7.58. The molecule has 0 radical (unpaired) electrons. The van der Waals surface area contributed by atoms with E-state index in [2.05, 4.69) is 97.2 Å². The molecule has 0 N–H and O–H groups in total. The number of nitrogens with zero attached hydrogens (tertiary/aromatic N) is 6. The summed E-state index contributed by atoms with van der Waals surface area (Å²) in [4.78, 5) is 0. The predicted molar refractivity (Wildman–Crippen MR) is 92.2 cm³/mol. The number of hydrogen-bond acceptors (Lipinski definition) is 2. The van der Waals surface area contributed by atoms with Crippen molar-refractivity contribution >= 4 is 0 Å². The fourth-order valence-corrected chi connectivity index (χ4v) is 2.34. The second-order valence-corrected chi connectivity index (χ2v) is 7.52. The summed E-state index contributed by atoms with van der Waals surface area (Å²) in [5.74, 6) is 0. The maximum Gasteiger partial charge on any atom is 0.0137 e.